The van der Waals surface area contributed by atoms with Gasteiger partial charge in [-0.25, -0.2) is 16.8 Å². The van der Waals surface area contributed by atoms with Crippen molar-refractivity contribution in [1.29, 1.82) is 0 Å². The van der Waals surface area contributed by atoms with Crippen molar-refractivity contribution in [2.24, 2.45) is 5.10 Å². The molecule has 2 aromatic carbocycles. The third-order valence-corrected chi connectivity index (χ3v) is 5.93. The van der Waals surface area contributed by atoms with E-state index >= 15 is 0 Å². The number of nitrogens with zero attached hydrogens (tertiary/aromatic N) is 2. The van der Waals surface area contributed by atoms with Crippen molar-refractivity contribution in [3.05, 3.63) is 59.7 Å². The van der Waals surface area contributed by atoms with E-state index in [9.17, 15) is 16.8 Å². The lowest BCUT2D eigenvalue weighted by Crippen LogP contribution is -2.25. The zero-order valence-corrected chi connectivity index (χ0v) is 18.0. The van der Waals surface area contributed by atoms with E-state index in [1.54, 1.807) is 36.4 Å². The van der Waals surface area contributed by atoms with Gasteiger partial charge in [0, 0.05) is 12.0 Å². The van der Waals surface area contributed by atoms with Gasteiger partial charge in [0.2, 0.25) is 20.0 Å². The molecule has 29 heavy (non-hydrogen) atoms. The zero-order chi connectivity index (χ0) is 21.2. The molecule has 3 rings (SSSR count). The Morgan fingerprint density at radius 2 is 1.72 bits per heavy atom. The summed E-state index contributed by atoms with van der Waals surface area (Å²) >= 11 is 0. The molecule has 1 heterocycles. The Bertz CT molecular complexity index is 1130. The topological polar surface area (TPSA) is 105 Å². The molecule has 10 heteroatoms. The summed E-state index contributed by atoms with van der Waals surface area (Å²) in [7, 11) is -7.13. The molecule has 1 unspecified atom stereocenters. The molecule has 0 amide bonds. The average molecular weight is 438 g/mol. The van der Waals surface area contributed by atoms with Crippen LogP contribution in [0.5, 0.6) is 5.75 Å². The van der Waals surface area contributed by atoms with Crippen molar-refractivity contribution in [2.75, 3.05) is 23.8 Å². The van der Waals surface area contributed by atoms with E-state index < -0.39 is 26.1 Å². The summed E-state index contributed by atoms with van der Waals surface area (Å²) in [6.07, 6.45) is 2.47. The molecule has 0 radical (unpaired) electrons. The fourth-order valence-corrected chi connectivity index (χ4v) is 4.66. The van der Waals surface area contributed by atoms with Crippen molar-refractivity contribution in [2.45, 2.75) is 19.4 Å². The number of hydrogen-bond acceptors (Lipinski definition) is 6. The Morgan fingerprint density at radius 1 is 1.07 bits per heavy atom. The highest BCUT2D eigenvalue weighted by Crippen LogP contribution is 2.36. The van der Waals surface area contributed by atoms with Gasteiger partial charge < -0.3 is 4.74 Å². The van der Waals surface area contributed by atoms with Crippen LogP contribution in [0.3, 0.4) is 0 Å². The SMILES string of the molecule is CCOc1ccc(C2CC(c3ccccc3NS(C)(=O)=O)=NN2S(C)(=O)=O)cc1. The van der Waals surface area contributed by atoms with E-state index in [1.165, 1.54) is 0 Å². The smallest absolute Gasteiger partial charge is 0.247 e. The summed E-state index contributed by atoms with van der Waals surface area (Å²) in [4.78, 5) is 0. The highest BCUT2D eigenvalue weighted by atomic mass is 32.2. The number of hydrogen-bond donors (Lipinski definition) is 1. The second-order valence-electron chi connectivity index (χ2n) is 6.72. The lowest BCUT2D eigenvalue weighted by molar-refractivity contribution is 0.339. The zero-order valence-electron chi connectivity index (χ0n) is 16.4. The first-order chi connectivity index (χ1) is 13.6. The van der Waals surface area contributed by atoms with Crippen LogP contribution in [0, 0.1) is 0 Å². The Hall–Kier alpha value is -2.59. The standard InChI is InChI=1S/C19H23N3O5S2/c1-4-27-15-11-9-14(10-12-15)19-13-18(20-22(19)29(3,25)26)16-7-5-6-8-17(16)21-28(2,23)24/h5-12,19,21H,4,13H2,1-3H3. The lowest BCUT2D eigenvalue weighted by Gasteiger charge is -2.21. The third kappa shape index (κ3) is 5.07. The first-order valence-electron chi connectivity index (χ1n) is 8.95. The van der Waals surface area contributed by atoms with Gasteiger partial charge in [0.05, 0.1) is 36.6 Å². The van der Waals surface area contributed by atoms with Crippen LogP contribution in [-0.2, 0) is 20.0 Å². The molecular weight excluding hydrogens is 414 g/mol. The van der Waals surface area contributed by atoms with Gasteiger partial charge in [0.25, 0.3) is 0 Å². The van der Waals surface area contributed by atoms with Crippen LogP contribution in [0.2, 0.25) is 0 Å². The number of rotatable bonds is 7. The van der Waals surface area contributed by atoms with Gasteiger partial charge in [-0.1, -0.05) is 30.3 Å². The molecule has 1 aliphatic heterocycles. The quantitative estimate of drug-likeness (QED) is 0.717. The van der Waals surface area contributed by atoms with Gasteiger partial charge in [-0.2, -0.15) is 9.52 Å². The van der Waals surface area contributed by atoms with Gasteiger partial charge >= 0.3 is 0 Å². The van der Waals surface area contributed by atoms with Crippen LogP contribution in [0.4, 0.5) is 5.69 Å². The second kappa shape index (κ2) is 8.03. The molecule has 1 atom stereocenters. The normalized spacial score (nSPS) is 17.1. The van der Waals surface area contributed by atoms with E-state index in [4.69, 9.17) is 4.74 Å². The first kappa shape index (κ1) is 21.1. The van der Waals surface area contributed by atoms with Crippen LogP contribution in [0.25, 0.3) is 0 Å². The van der Waals surface area contributed by atoms with Crippen LogP contribution in [0.15, 0.2) is 53.6 Å². The predicted molar refractivity (Wildman–Crippen MR) is 113 cm³/mol. The van der Waals surface area contributed by atoms with Gasteiger partial charge in [-0.05, 0) is 30.7 Å². The summed E-state index contributed by atoms with van der Waals surface area (Å²) < 4.78 is 57.1. The number of benzene rings is 2. The molecule has 0 saturated heterocycles. The number of nitrogens with one attached hydrogen (secondary N) is 1. The van der Waals surface area contributed by atoms with Gasteiger partial charge in [0.15, 0.2) is 0 Å². The van der Waals surface area contributed by atoms with Crippen molar-refractivity contribution in [3.63, 3.8) is 0 Å². The Kier molecular flexibility index (Phi) is 5.85. The molecule has 0 aromatic heterocycles. The molecule has 0 spiro atoms. The monoisotopic (exact) mass is 437 g/mol. The minimum absolute atomic E-state index is 0.309. The fraction of sp³-hybridized carbons (Fsp3) is 0.316. The number of para-hydroxylation sites is 1. The Morgan fingerprint density at radius 3 is 2.31 bits per heavy atom. The van der Waals surface area contributed by atoms with Crippen LogP contribution >= 0.6 is 0 Å². The van der Waals surface area contributed by atoms with Crippen molar-refractivity contribution in [3.8, 4) is 5.75 Å². The van der Waals surface area contributed by atoms with Crippen molar-refractivity contribution < 1.29 is 21.6 Å². The van der Waals surface area contributed by atoms with Crippen LogP contribution in [-0.4, -0.2) is 46.1 Å². The molecule has 2 aromatic rings. The van der Waals surface area contributed by atoms with E-state index in [0.29, 0.717) is 35.7 Å². The van der Waals surface area contributed by atoms with Crippen molar-refractivity contribution in [1.82, 2.24) is 4.41 Å². The molecule has 1 N–H and O–H groups in total. The van der Waals surface area contributed by atoms with E-state index in [2.05, 4.69) is 9.82 Å². The average Bonchev–Trinajstić information content (AvgIpc) is 3.07. The molecule has 0 bridgehead atoms. The Balaban J connectivity index is 1.99. The minimum Gasteiger partial charge on any atom is -0.494 e. The molecule has 8 nitrogen and oxygen atoms in total. The molecule has 0 aliphatic carbocycles. The number of ether oxygens (including phenoxy) is 1. The molecule has 1 aliphatic rings. The maximum atomic E-state index is 12.4. The van der Waals surface area contributed by atoms with Crippen LogP contribution < -0.4 is 9.46 Å². The maximum Gasteiger partial charge on any atom is 0.247 e. The van der Waals surface area contributed by atoms with E-state index in [-0.39, 0.29) is 0 Å². The lowest BCUT2D eigenvalue weighted by atomic mass is 9.98. The Labute approximate surface area is 171 Å². The summed E-state index contributed by atoms with van der Waals surface area (Å²) in [6, 6.07) is 13.5. The molecule has 0 fully saturated rings. The van der Waals surface area contributed by atoms with Gasteiger partial charge in [-0.15, -0.1) is 0 Å². The summed E-state index contributed by atoms with van der Waals surface area (Å²) in [5.74, 6) is 0.698. The molecule has 156 valence electrons. The largest absolute Gasteiger partial charge is 0.494 e. The minimum atomic E-state index is -3.63. The predicted octanol–water partition coefficient (Wildman–Crippen LogP) is 2.57. The van der Waals surface area contributed by atoms with Gasteiger partial charge in [0.1, 0.15) is 5.75 Å². The van der Waals surface area contributed by atoms with E-state index in [1.807, 2.05) is 19.1 Å². The molecular formula is C19H23N3O5S2. The highest BCUT2D eigenvalue weighted by molar-refractivity contribution is 7.92. The highest BCUT2D eigenvalue weighted by Gasteiger charge is 2.35. The van der Waals surface area contributed by atoms with Crippen molar-refractivity contribution >= 4 is 31.4 Å². The summed E-state index contributed by atoms with van der Waals surface area (Å²) in [5.41, 5.74) is 2.15. The summed E-state index contributed by atoms with van der Waals surface area (Å²) in [5, 5.41) is 4.33. The fourth-order valence-electron chi connectivity index (χ4n) is 3.18. The maximum absolute atomic E-state index is 12.4. The second-order valence-corrected chi connectivity index (χ2v) is 10.3. The van der Waals surface area contributed by atoms with E-state index in [0.717, 1.165) is 22.5 Å². The summed E-state index contributed by atoms with van der Waals surface area (Å²) in [6.45, 7) is 2.42. The number of hydrazone groups is 1. The van der Waals surface area contributed by atoms with Crippen LogP contribution in [0.1, 0.15) is 30.5 Å². The number of sulfonamides is 2. The van der Waals surface area contributed by atoms with Gasteiger partial charge in [-0.3, -0.25) is 4.72 Å². The first-order valence-corrected chi connectivity index (χ1v) is 12.7. The molecule has 0 saturated carbocycles. The third-order valence-electron chi connectivity index (χ3n) is 4.32. The number of anilines is 1.